The molecule has 0 spiro atoms. The van der Waals surface area contributed by atoms with E-state index < -0.39 is 0 Å². The van der Waals surface area contributed by atoms with Gasteiger partial charge < -0.3 is 14.7 Å². The summed E-state index contributed by atoms with van der Waals surface area (Å²) >= 11 is 1.85. The maximum Gasteiger partial charge on any atom is 0.0641 e. The average Bonchev–Trinajstić information content (AvgIpc) is 3.61. The Labute approximate surface area is 308 Å². The quantitative estimate of drug-likeness (QED) is 0.150. The van der Waals surface area contributed by atoms with Crippen LogP contribution in [0.4, 0.5) is 51.2 Å². The van der Waals surface area contributed by atoms with Crippen molar-refractivity contribution >= 4 is 82.7 Å². The molecule has 3 nitrogen and oxygen atoms in total. The van der Waals surface area contributed by atoms with Gasteiger partial charge in [0.25, 0.3) is 0 Å². The van der Waals surface area contributed by atoms with Crippen LogP contribution >= 0.6 is 11.3 Å². The van der Waals surface area contributed by atoms with Crippen molar-refractivity contribution in [1.82, 2.24) is 0 Å². The molecule has 1 heterocycles. The number of hydrogen-bond acceptors (Lipinski definition) is 4. The number of hydrogen-bond donors (Lipinski definition) is 0. The van der Waals surface area contributed by atoms with Gasteiger partial charge >= 0.3 is 0 Å². The summed E-state index contributed by atoms with van der Waals surface area (Å²) in [5.41, 5.74) is 10.1. The minimum absolute atomic E-state index is 1.11. The Hall–Kier alpha value is -6.62. The van der Waals surface area contributed by atoms with Crippen molar-refractivity contribution < 1.29 is 0 Å². The zero-order valence-electron chi connectivity index (χ0n) is 28.5. The Morgan fingerprint density at radius 1 is 0.288 bits per heavy atom. The lowest BCUT2D eigenvalue weighted by atomic mass is 10.0. The third kappa shape index (κ3) is 5.85. The lowest BCUT2D eigenvalue weighted by Crippen LogP contribution is -2.12. The largest absolute Gasteiger partial charge is 0.310 e. The summed E-state index contributed by atoms with van der Waals surface area (Å²) in [5, 5.41) is 2.44. The minimum atomic E-state index is 1.11. The number of benzene rings is 8. The summed E-state index contributed by atoms with van der Waals surface area (Å²) in [6.07, 6.45) is 0. The van der Waals surface area contributed by atoms with Crippen LogP contribution in [0.5, 0.6) is 0 Å². The molecule has 9 aromatic rings. The van der Waals surface area contributed by atoms with Gasteiger partial charge in [0, 0.05) is 55.3 Å². The van der Waals surface area contributed by atoms with E-state index in [0.717, 1.165) is 51.2 Å². The zero-order chi connectivity index (χ0) is 34.7. The Morgan fingerprint density at radius 3 is 1.04 bits per heavy atom. The Bertz CT molecular complexity index is 2440. The molecule has 0 amide bonds. The molecule has 0 radical (unpaired) electrons. The monoisotopic (exact) mass is 685 g/mol. The predicted molar refractivity (Wildman–Crippen MR) is 223 cm³/mol. The molecule has 8 aromatic carbocycles. The Morgan fingerprint density at radius 2 is 0.635 bits per heavy atom. The highest BCUT2D eigenvalue weighted by molar-refractivity contribution is 7.26. The van der Waals surface area contributed by atoms with Crippen LogP contribution in [0.2, 0.25) is 0 Å². The van der Waals surface area contributed by atoms with Crippen LogP contribution in [0.25, 0.3) is 20.2 Å². The first-order chi connectivity index (χ1) is 25.8. The van der Waals surface area contributed by atoms with Crippen molar-refractivity contribution in [3.63, 3.8) is 0 Å². The van der Waals surface area contributed by atoms with Crippen LogP contribution in [-0.4, -0.2) is 0 Å². The van der Waals surface area contributed by atoms with E-state index in [2.05, 4.69) is 227 Å². The summed E-state index contributed by atoms with van der Waals surface area (Å²) in [4.78, 5) is 7.12. The van der Waals surface area contributed by atoms with Crippen LogP contribution in [-0.2, 0) is 0 Å². The van der Waals surface area contributed by atoms with Gasteiger partial charge in [0.05, 0.1) is 16.1 Å². The van der Waals surface area contributed by atoms with Gasteiger partial charge in [-0.2, -0.15) is 0 Å². The van der Waals surface area contributed by atoms with Gasteiger partial charge in [-0.15, -0.1) is 11.3 Å². The molecule has 0 bridgehead atoms. The molecule has 0 aliphatic heterocycles. The second-order valence-corrected chi connectivity index (χ2v) is 13.7. The van der Waals surface area contributed by atoms with Crippen LogP contribution in [0.1, 0.15) is 0 Å². The van der Waals surface area contributed by atoms with E-state index in [9.17, 15) is 0 Å². The molecular formula is C48H35N3S. The van der Waals surface area contributed by atoms with E-state index in [1.165, 1.54) is 20.2 Å². The standard InChI is InChI=1S/C48H35N3S/c1-7-19-36(20-8-1)49(37-21-9-2-10-22-37)42-31-32-43-46(35-42)52-48-45(51(40-27-15-5-16-28-40)41-29-17-6-18-30-41)34-33-44(47(43)48)50(38-23-11-3-12-24-38)39-25-13-4-14-26-39/h1-35H. The van der Waals surface area contributed by atoms with E-state index in [4.69, 9.17) is 0 Å². The third-order valence-corrected chi connectivity index (χ3v) is 10.6. The normalized spacial score (nSPS) is 11.1. The summed E-state index contributed by atoms with van der Waals surface area (Å²) in [6, 6.07) is 75.6. The number of nitrogens with zero attached hydrogens (tertiary/aromatic N) is 3. The smallest absolute Gasteiger partial charge is 0.0641 e. The molecule has 0 unspecified atom stereocenters. The molecule has 248 valence electrons. The fourth-order valence-corrected chi connectivity index (χ4v) is 8.36. The molecule has 0 fully saturated rings. The highest BCUT2D eigenvalue weighted by atomic mass is 32.1. The van der Waals surface area contributed by atoms with Crippen molar-refractivity contribution in [3.8, 4) is 0 Å². The molecular weight excluding hydrogens is 651 g/mol. The van der Waals surface area contributed by atoms with E-state index in [-0.39, 0.29) is 0 Å². The lowest BCUT2D eigenvalue weighted by molar-refractivity contribution is 1.28. The summed E-state index contributed by atoms with van der Waals surface area (Å²) < 4.78 is 2.44. The van der Waals surface area contributed by atoms with Gasteiger partial charge in [0.1, 0.15) is 0 Å². The Kier molecular flexibility index (Phi) is 8.41. The SMILES string of the molecule is c1ccc(N(c2ccccc2)c2ccc3c(c2)sc2c(N(c4ccccc4)c4ccccc4)ccc(N(c4ccccc4)c4ccccc4)c23)cc1. The molecule has 0 atom stereocenters. The van der Waals surface area contributed by atoms with Crippen molar-refractivity contribution in [2.45, 2.75) is 0 Å². The number of para-hydroxylation sites is 6. The van der Waals surface area contributed by atoms with Crippen LogP contribution < -0.4 is 14.7 Å². The van der Waals surface area contributed by atoms with Crippen LogP contribution in [0, 0.1) is 0 Å². The maximum absolute atomic E-state index is 2.39. The van der Waals surface area contributed by atoms with Gasteiger partial charge in [-0.3, -0.25) is 0 Å². The second kappa shape index (κ2) is 13.9. The fourth-order valence-electron chi connectivity index (χ4n) is 7.10. The van der Waals surface area contributed by atoms with Gasteiger partial charge in [0.15, 0.2) is 0 Å². The molecule has 0 saturated heterocycles. The van der Waals surface area contributed by atoms with Crippen molar-refractivity contribution in [1.29, 1.82) is 0 Å². The van der Waals surface area contributed by atoms with E-state index in [1.54, 1.807) is 0 Å². The highest BCUT2D eigenvalue weighted by Gasteiger charge is 2.24. The van der Waals surface area contributed by atoms with Gasteiger partial charge in [-0.25, -0.2) is 0 Å². The number of rotatable bonds is 9. The molecule has 9 rings (SSSR count). The third-order valence-electron chi connectivity index (χ3n) is 9.39. The minimum Gasteiger partial charge on any atom is -0.310 e. The molecule has 4 heteroatoms. The summed E-state index contributed by atoms with van der Waals surface area (Å²) in [7, 11) is 0. The molecule has 0 saturated carbocycles. The van der Waals surface area contributed by atoms with Crippen LogP contribution in [0.15, 0.2) is 212 Å². The first-order valence-corrected chi connectivity index (χ1v) is 18.4. The zero-order valence-corrected chi connectivity index (χ0v) is 29.3. The first-order valence-electron chi connectivity index (χ1n) is 17.5. The van der Waals surface area contributed by atoms with Crippen molar-refractivity contribution in [3.05, 3.63) is 212 Å². The predicted octanol–water partition coefficient (Wildman–Crippen LogP) is 14.5. The van der Waals surface area contributed by atoms with Crippen molar-refractivity contribution in [2.24, 2.45) is 0 Å². The Balaban J connectivity index is 1.34. The van der Waals surface area contributed by atoms with E-state index >= 15 is 0 Å². The molecule has 0 aliphatic carbocycles. The number of fused-ring (bicyclic) bond motifs is 3. The van der Waals surface area contributed by atoms with Crippen molar-refractivity contribution in [2.75, 3.05) is 14.7 Å². The number of anilines is 9. The summed E-state index contributed by atoms with van der Waals surface area (Å²) in [5.74, 6) is 0. The molecule has 0 N–H and O–H groups in total. The fraction of sp³-hybridized carbons (Fsp3) is 0. The first kappa shape index (κ1) is 31.4. The molecule has 1 aromatic heterocycles. The molecule has 52 heavy (non-hydrogen) atoms. The van der Waals surface area contributed by atoms with E-state index in [0.29, 0.717) is 0 Å². The summed E-state index contributed by atoms with van der Waals surface area (Å²) in [6.45, 7) is 0. The second-order valence-electron chi connectivity index (χ2n) is 12.6. The van der Waals surface area contributed by atoms with Gasteiger partial charge in [0.2, 0.25) is 0 Å². The van der Waals surface area contributed by atoms with Gasteiger partial charge in [-0.05, 0) is 97.1 Å². The van der Waals surface area contributed by atoms with Crippen LogP contribution in [0.3, 0.4) is 0 Å². The maximum atomic E-state index is 2.39. The average molecular weight is 686 g/mol. The van der Waals surface area contributed by atoms with Gasteiger partial charge in [-0.1, -0.05) is 115 Å². The van der Waals surface area contributed by atoms with E-state index in [1.807, 2.05) is 11.3 Å². The molecule has 0 aliphatic rings. The lowest BCUT2D eigenvalue weighted by Gasteiger charge is -2.29. The highest BCUT2D eigenvalue weighted by Crippen LogP contribution is 2.51. The topological polar surface area (TPSA) is 9.72 Å². The number of thiophene rings is 1.